The second-order valence-corrected chi connectivity index (χ2v) is 4.95. The zero-order valence-corrected chi connectivity index (χ0v) is 10.9. The van der Waals surface area contributed by atoms with Crippen LogP contribution in [0, 0.1) is 11.3 Å². The first-order valence-corrected chi connectivity index (χ1v) is 6.48. The molecule has 96 valence electrons. The summed E-state index contributed by atoms with van der Waals surface area (Å²) < 4.78 is 0. The van der Waals surface area contributed by atoms with Gasteiger partial charge in [-0.2, -0.15) is 5.26 Å². The van der Waals surface area contributed by atoms with Gasteiger partial charge in [0.1, 0.15) is 0 Å². The molecule has 1 aliphatic rings. The molecule has 0 bridgehead atoms. The Balaban J connectivity index is 1.98. The van der Waals surface area contributed by atoms with Crippen LogP contribution in [0.15, 0.2) is 24.5 Å². The molecule has 0 amide bonds. The largest absolute Gasteiger partial charge is 0.301 e. The van der Waals surface area contributed by atoms with Gasteiger partial charge in [-0.05, 0) is 38.2 Å². The maximum Gasteiger partial charge on any atom is 0.0638 e. The van der Waals surface area contributed by atoms with Crippen LogP contribution in [0.5, 0.6) is 0 Å². The van der Waals surface area contributed by atoms with Crippen molar-refractivity contribution in [1.29, 1.82) is 5.26 Å². The van der Waals surface area contributed by atoms with Gasteiger partial charge in [0.15, 0.2) is 0 Å². The third-order valence-corrected chi connectivity index (χ3v) is 3.53. The van der Waals surface area contributed by atoms with Crippen LogP contribution < -0.4 is 0 Å². The van der Waals surface area contributed by atoms with E-state index in [-0.39, 0.29) is 0 Å². The van der Waals surface area contributed by atoms with E-state index in [1.54, 1.807) is 6.20 Å². The maximum atomic E-state index is 8.90. The van der Waals surface area contributed by atoms with Gasteiger partial charge in [0.25, 0.3) is 0 Å². The summed E-state index contributed by atoms with van der Waals surface area (Å²) in [5, 5.41) is 8.90. The molecule has 18 heavy (non-hydrogen) atoms. The third kappa shape index (κ3) is 3.52. The summed E-state index contributed by atoms with van der Waals surface area (Å²) in [5.74, 6) is 0. The van der Waals surface area contributed by atoms with Gasteiger partial charge >= 0.3 is 0 Å². The van der Waals surface area contributed by atoms with Gasteiger partial charge in [0, 0.05) is 31.5 Å². The van der Waals surface area contributed by atoms with Crippen LogP contribution in [0.4, 0.5) is 0 Å². The van der Waals surface area contributed by atoms with Crippen molar-refractivity contribution < 1.29 is 0 Å². The highest BCUT2D eigenvalue weighted by Crippen LogP contribution is 2.13. The molecule has 1 aliphatic heterocycles. The highest BCUT2D eigenvalue weighted by molar-refractivity contribution is 5.08. The van der Waals surface area contributed by atoms with E-state index < -0.39 is 0 Å². The van der Waals surface area contributed by atoms with E-state index in [1.165, 1.54) is 12.0 Å². The molecule has 1 atom stereocenters. The van der Waals surface area contributed by atoms with Gasteiger partial charge in [0.2, 0.25) is 0 Å². The van der Waals surface area contributed by atoms with E-state index in [0.29, 0.717) is 12.5 Å². The van der Waals surface area contributed by atoms with Crippen molar-refractivity contribution in [1.82, 2.24) is 14.8 Å². The summed E-state index contributed by atoms with van der Waals surface area (Å²) in [6, 6.07) is 6.75. The van der Waals surface area contributed by atoms with Crippen LogP contribution in [-0.4, -0.2) is 47.5 Å². The number of nitriles is 1. The second kappa shape index (κ2) is 6.48. The normalized spacial score (nSPS) is 22.3. The Labute approximate surface area is 109 Å². The zero-order valence-electron chi connectivity index (χ0n) is 10.9. The summed E-state index contributed by atoms with van der Waals surface area (Å²) in [4.78, 5) is 8.90. The number of nitrogens with zero attached hydrogens (tertiary/aromatic N) is 4. The molecule has 1 aromatic heterocycles. The van der Waals surface area contributed by atoms with E-state index in [2.05, 4.69) is 34.0 Å². The van der Waals surface area contributed by atoms with Crippen LogP contribution in [0.25, 0.3) is 0 Å². The lowest BCUT2D eigenvalue weighted by Gasteiger charge is -2.27. The van der Waals surface area contributed by atoms with Crippen molar-refractivity contribution in [2.24, 2.45) is 0 Å². The molecule has 1 saturated heterocycles. The highest BCUT2D eigenvalue weighted by atomic mass is 15.2. The molecule has 0 radical (unpaired) electrons. The number of hydrogen-bond donors (Lipinski definition) is 0. The van der Waals surface area contributed by atoms with Crippen LogP contribution in [0.2, 0.25) is 0 Å². The fraction of sp³-hybridized carbons (Fsp3) is 0.571. The predicted molar refractivity (Wildman–Crippen MR) is 70.8 cm³/mol. The lowest BCUT2D eigenvalue weighted by Crippen LogP contribution is -2.38. The van der Waals surface area contributed by atoms with E-state index in [0.717, 1.165) is 26.2 Å². The highest BCUT2D eigenvalue weighted by Gasteiger charge is 2.21. The van der Waals surface area contributed by atoms with Crippen molar-refractivity contribution >= 4 is 0 Å². The molecule has 4 heteroatoms. The predicted octanol–water partition coefficient (Wildman–Crippen LogP) is 1.50. The van der Waals surface area contributed by atoms with Crippen LogP contribution >= 0.6 is 0 Å². The number of likely N-dealkylation sites (N-methyl/N-ethyl adjacent to an activating group) is 1. The van der Waals surface area contributed by atoms with Crippen LogP contribution in [0.3, 0.4) is 0 Å². The maximum absolute atomic E-state index is 8.90. The minimum absolute atomic E-state index is 0.356. The van der Waals surface area contributed by atoms with Gasteiger partial charge < -0.3 is 4.90 Å². The van der Waals surface area contributed by atoms with Gasteiger partial charge in [-0.3, -0.25) is 9.88 Å². The lowest BCUT2D eigenvalue weighted by molar-refractivity contribution is 0.205. The Kier molecular flexibility index (Phi) is 4.68. The van der Waals surface area contributed by atoms with Crippen molar-refractivity contribution in [2.45, 2.75) is 25.4 Å². The molecule has 0 aromatic carbocycles. The molecule has 1 fully saturated rings. The summed E-state index contributed by atoms with van der Waals surface area (Å²) in [7, 11) is 2.12. The summed E-state index contributed by atoms with van der Waals surface area (Å²) in [5.41, 5.74) is 1.25. The van der Waals surface area contributed by atoms with Crippen molar-refractivity contribution in [3.8, 4) is 6.07 Å². The molecule has 0 saturated carbocycles. The molecule has 1 unspecified atom stereocenters. The summed E-state index contributed by atoms with van der Waals surface area (Å²) >= 11 is 0. The van der Waals surface area contributed by atoms with Crippen LogP contribution in [0.1, 0.15) is 18.4 Å². The Morgan fingerprint density at radius 1 is 1.50 bits per heavy atom. The quantitative estimate of drug-likeness (QED) is 0.808. The first kappa shape index (κ1) is 13.0. The first-order chi connectivity index (χ1) is 8.79. The van der Waals surface area contributed by atoms with Crippen molar-refractivity contribution in [3.05, 3.63) is 30.1 Å². The Hall–Kier alpha value is -1.44. The minimum atomic E-state index is 0.356. The van der Waals surface area contributed by atoms with Crippen molar-refractivity contribution in [3.63, 3.8) is 0 Å². The number of rotatable bonds is 3. The van der Waals surface area contributed by atoms with Gasteiger partial charge in [-0.25, -0.2) is 0 Å². The average Bonchev–Trinajstić information content (AvgIpc) is 2.54. The molecule has 0 aliphatic carbocycles. The van der Waals surface area contributed by atoms with Crippen LogP contribution in [-0.2, 0) is 6.54 Å². The smallest absolute Gasteiger partial charge is 0.0638 e. The van der Waals surface area contributed by atoms with E-state index in [4.69, 9.17) is 5.26 Å². The molecular formula is C14H20N4. The standard InChI is InChI=1S/C14H20N4/c1-17-8-3-9-18(12-14(17)5-6-15)11-13-4-2-7-16-10-13/h2,4,7,10,14H,3,5,8-9,11-12H2,1H3. The lowest BCUT2D eigenvalue weighted by atomic mass is 10.2. The Morgan fingerprint density at radius 2 is 2.39 bits per heavy atom. The molecular weight excluding hydrogens is 224 g/mol. The number of hydrogen-bond acceptors (Lipinski definition) is 4. The minimum Gasteiger partial charge on any atom is -0.301 e. The summed E-state index contributed by atoms with van der Waals surface area (Å²) in [6.07, 6.45) is 5.50. The monoisotopic (exact) mass is 244 g/mol. The first-order valence-electron chi connectivity index (χ1n) is 6.48. The van der Waals surface area contributed by atoms with Gasteiger partial charge in [-0.15, -0.1) is 0 Å². The Bertz CT molecular complexity index is 398. The topological polar surface area (TPSA) is 43.2 Å². The van der Waals surface area contributed by atoms with E-state index in [9.17, 15) is 0 Å². The fourth-order valence-corrected chi connectivity index (χ4v) is 2.47. The second-order valence-electron chi connectivity index (χ2n) is 4.95. The molecule has 0 spiro atoms. The molecule has 2 heterocycles. The molecule has 4 nitrogen and oxygen atoms in total. The Morgan fingerprint density at radius 3 is 3.11 bits per heavy atom. The number of aromatic nitrogens is 1. The average molecular weight is 244 g/mol. The van der Waals surface area contributed by atoms with Gasteiger partial charge in [0.05, 0.1) is 12.5 Å². The molecule has 2 rings (SSSR count). The van der Waals surface area contributed by atoms with Crippen molar-refractivity contribution in [2.75, 3.05) is 26.7 Å². The summed E-state index contributed by atoms with van der Waals surface area (Å²) in [6.45, 7) is 4.08. The molecule has 1 aromatic rings. The van der Waals surface area contributed by atoms with E-state index in [1.807, 2.05) is 12.3 Å². The number of pyridine rings is 1. The van der Waals surface area contributed by atoms with Gasteiger partial charge in [-0.1, -0.05) is 6.07 Å². The molecule has 0 N–H and O–H groups in total. The van der Waals surface area contributed by atoms with E-state index >= 15 is 0 Å². The zero-order chi connectivity index (χ0) is 12.8. The third-order valence-electron chi connectivity index (χ3n) is 3.53. The SMILES string of the molecule is CN1CCCN(Cc2cccnc2)CC1CC#N. The fourth-order valence-electron chi connectivity index (χ4n) is 2.47.